The van der Waals surface area contributed by atoms with Gasteiger partial charge in [0.05, 0.1) is 0 Å². The monoisotopic (exact) mass is 383 g/mol. The maximum atomic E-state index is 4.26. The summed E-state index contributed by atoms with van der Waals surface area (Å²) in [5, 5.41) is 4.51. The van der Waals surface area contributed by atoms with Crippen molar-refractivity contribution in [1.29, 1.82) is 0 Å². The van der Waals surface area contributed by atoms with E-state index >= 15 is 0 Å². The fourth-order valence-electron chi connectivity index (χ4n) is 3.38. The molecule has 0 saturated carbocycles. The van der Waals surface area contributed by atoms with E-state index in [1.807, 2.05) is 7.05 Å². The molecule has 0 aliphatic rings. The van der Waals surface area contributed by atoms with Gasteiger partial charge in [-0.15, -0.1) is 9.24 Å². The molecule has 1 N–H and O–H groups in total. The molecule has 1 nitrogen and oxygen atoms in total. The molecule has 1 rings (SSSR count). The smallest absolute Gasteiger partial charge is 0.0136 e. The summed E-state index contributed by atoms with van der Waals surface area (Å²) in [6.45, 7) is 19.6. The average Bonchev–Trinajstić information content (AvgIpc) is 2.62. The van der Waals surface area contributed by atoms with E-state index < -0.39 is 0 Å². The second-order valence-electron chi connectivity index (χ2n) is 7.67. The highest BCUT2D eigenvalue weighted by Gasteiger charge is 2.09. The zero-order valence-electron chi connectivity index (χ0n) is 18.2. The van der Waals surface area contributed by atoms with Crippen LogP contribution in [0, 0.1) is 12.8 Å². The van der Waals surface area contributed by atoms with E-state index in [2.05, 4.69) is 86.6 Å². The minimum absolute atomic E-state index is 0.465. The van der Waals surface area contributed by atoms with Gasteiger partial charge < -0.3 is 5.32 Å². The fraction of sp³-hybridized carbons (Fsp3) is 0.440. The molecule has 0 bridgehead atoms. The first-order valence-corrected chi connectivity index (χ1v) is 10.6. The summed E-state index contributed by atoms with van der Waals surface area (Å²) in [4.78, 5) is 0. The molecule has 0 aliphatic heterocycles. The van der Waals surface area contributed by atoms with Gasteiger partial charge in [0, 0.05) is 12.7 Å². The summed E-state index contributed by atoms with van der Waals surface area (Å²) in [5.41, 5.74) is 9.10. The highest BCUT2D eigenvalue weighted by Crippen LogP contribution is 2.28. The van der Waals surface area contributed by atoms with Crippen molar-refractivity contribution in [3.63, 3.8) is 0 Å². The molecular weight excluding hydrogens is 345 g/mol. The lowest BCUT2D eigenvalue weighted by molar-refractivity contribution is 0.698. The molecule has 0 aromatic heterocycles. The molecule has 1 atom stereocenters. The Bertz CT molecular complexity index is 735. The average molecular weight is 384 g/mol. The van der Waals surface area contributed by atoms with Crippen LogP contribution in [0.4, 0.5) is 0 Å². The van der Waals surface area contributed by atoms with Crippen LogP contribution in [0.5, 0.6) is 0 Å². The number of benzene rings is 1. The molecule has 2 heteroatoms. The largest absolute Gasteiger partial charge is 0.391 e. The SMILES string of the molecule is C=C(/C=C(\NC)C(C)C)C(=C)CCC/C(C)=C(\CC)c1cc(P)ccc1C. The summed E-state index contributed by atoms with van der Waals surface area (Å²) in [5.74, 6) is 0.465. The summed E-state index contributed by atoms with van der Waals surface area (Å²) in [6, 6.07) is 6.66. The first-order valence-electron chi connectivity index (χ1n) is 10.0. The third-order valence-electron chi connectivity index (χ3n) is 5.18. The molecule has 0 radical (unpaired) electrons. The highest BCUT2D eigenvalue weighted by molar-refractivity contribution is 7.27. The van der Waals surface area contributed by atoms with Crippen LogP contribution in [0.3, 0.4) is 0 Å². The van der Waals surface area contributed by atoms with E-state index in [0.29, 0.717) is 5.92 Å². The molecule has 1 aromatic rings. The van der Waals surface area contributed by atoms with E-state index in [4.69, 9.17) is 0 Å². The van der Waals surface area contributed by atoms with Gasteiger partial charge in [0.2, 0.25) is 0 Å². The van der Waals surface area contributed by atoms with Crippen LogP contribution in [0.15, 0.2) is 59.8 Å². The second-order valence-corrected chi connectivity index (χ2v) is 8.34. The predicted octanol–water partition coefficient (Wildman–Crippen LogP) is 6.72. The van der Waals surface area contributed by atoms with E-state index in [0.717, 1.165) is 36.8 Å². The third kappa shape index (κ3) is 7.15. The summed E-state index contributed by atoms with van der Waals surface area (Å²) >= 11 is 0. The van der Waals surface area contributed by atoms with Gasteiger partial charge in [-0.25, -0.2) is 0 Å². The van der Waals surface area contributed by atoms with Crippen LogP contribution in [0.2, 0.25) is 0 Å². The Hall–Kier alpha value is -1.59. The summed E-state index contributed by atoms with van der Waals surface area (Å²) in [7, 11) is 4.78. The van der Waals surface area contributed by atoms with Crippen LogP contribution in [0.25, 0.3) is 5.57 Å². The van der Waals surface area contributed by atoms with Crippen molar-refractivity contribution in [3.8, 4) is 0 Å². The number of nitrogens with one attached hydrogen (secondary N) is 1. The topological polar surface area (TPSA) is 12.0 Å². The van der Waals surface area contributed by atoms with Gasteiger partial charge in [0.25, 0.3) is 0 Å². The number of allylic oxidation sites excluding steroid dienone is 6. The van der Waals surface area contributed by atoms with E-state index in [1.165, 1.54) is 33.3 Å². The fourth-order valence-corrected chi connectivity index (χ4v) is 3.65. The lowest BCUT2D eigenvalue weighted by Crippen LogP contribution is -2.11. The van der Waals surface area contributed by atoms with E-state index in [-0.39, 0.29) is 0 Å². The van der Waals surface area contributed by atoms with Crippen molar-refractivity contribution in [3.05, 3.63) is 71.0 Å². The number of hydrogen-bond donors (Lipinski definition) is 1. The Morgan fingerprint density at radius 1 is 1.22 bits per heavy atom. The lowest BCUT2D eigenvalue weighted by atomic mass is 9.91. The predicted molar refractivity (Wildman–Crippen MR) is 128 cm³/mol. The van der Waals surface area contributed by atoms with Crippen molar-refractivity contribution in [2.24, 2.45) is 5.92 Å². The first-order chi connectivity index (χ1) is 12.7. The van der Waals surface area contributed by atoms with Crippen LogP contribution >= 0.6 is 9.24 Å². The number of aryl methyl sites for hydroxylation is 1. The Labute approximate surface area is 169 Å². The molecule has 148 valence electrons. The van der Waals surface area contributed by atoms with Crippen molar-refractivity contribution < 1.29 is 0 Å². The van der Waals surface area contributed by atoms with E-state index in [9.17, 15) is 0 Å². The molecule has 1 unspecified atom stereocenters. The van der Waals surface area contributed by atoms with Crippen LogP contribution in [-0.2, 0) is 0 Å². The Kier molecular flexibility index (Phi) is 9.81. The standard InChI is InChI=1S/C25H38NP/c1-9-23(24-16-22(27)14-13-20(24)6)19(5)12-10-11-18(4)21(7)15-25(26-8)17(2)3/h13-17,26H,4,7,9-12,27H2,1-3,5-6,8H3/b23-19+,25-15-. The molecule has 0 amide bonds. The van der Waals surface area contributed by atoms with Crippen molar-refractivity contribution in [2.45, 2.75) is 60.3 Å². The Morgan fingerprint density at radius 3 is 2.44 bits per heavy atom. The summed E-state index contributed by atoms with van der Waals surface area (Å²) in [6.07, 6.45) is 6.40. The van der Waals surface area contributed by atoms with E-state index in [1.54, 1.807) is 0 Å². The molecule has 27 heavy (non-hydrogen) atoms. The van der Waals surface area contributed by atoms with Crippen LogP contribution in [0.1, 0.15) is 64.5 Å². The van der Waals surface area contributed by atoms with Gasteiger partial charge >= 0.3 is 0 Å². The highest BCUT2D eigenvalue weighted by atomic mass is 31.0. The van der Waals surface area contributed by atoms with Crippen molar-refractivity contribution in [2.75, 3.05) is 7.05 Å². The first kappa shape index (κ1) is 23.4. The van der Waals surface area contributed by atoms with Gasteiger partial charge in [-0.3, -0.25) is 0 Å². The third-order valence-corrected chi connectivity index (χ3v) is 5.54. The lowest BCUT2D eigenvalue weighted by Gasteiger charge is -2.15. The van der Waals surface area contributed by atoms with Gasteiger partial charge in [-0.05, 0) is 90.7 Å². The molecule has 1 aromatic carbocycles. The molecule has 0 aliphatic carbocycles. The maximum Gasteiger partial charge on any atom is 0.0136 e. The quantitative estimate of drug-likeness (QED) is 0.349. The second kappa shape index (κ2) is 11.3. The molecular formula is C25H38NP. The van der Waals surface area contributed by atoms with Crippen molar-refractivity contribution in [1.82, 2.24) is 5.32 Å². The van der Waals surface area contributed by atoms with Gasteiger partial charge in [-0.1, -0.05) is 51.6 Å². The molecule has 0 fully saturated rings. The molecule has 0 heterocycles. The van der Waals surface area contributed by atoms with Gasteiger partial charge in [-0.2, -0.15) is 0 Å². The number of hydrogen-bond acceptors (Lipinski definition) is 1. The minimum Gasteiger partial charge on any atom is -0.391 e. The molecule has 0 spiro atoms. The Morgan fingerprint density at radius 2 is 1.89 bits per heavy atom. The summed E-state index contributed by atoms with van der Waals surface area (Å²) < 4.78 is 0. The number of rotatable bonds is 10. The minimum atomic E-state index is 0.465. The van der Waals surface area contributed by atoms with Crippen molar-refractivity contribution >= 4 is 20.1 Å². The van der Waals surface area contributed by atoms with Gasteiger partial charge in [0.1, 0.15) is 0 Å². The van der Waals surface area contributed by atoms with Crippen LogP contribution in [-0.4, -0.2) is 7.05 Å². The Balaban J connectivity index is 2.78. The normalized spacial score (nSPS) is 12.8. The zero-order chi connectivity index (χ0) is 20.6. The maximum absolute atomic E-state index is 4.26. The molecule has 0 saturated heterocycles. The zero-order valence-corrected chi connectivity index (χ0v) is 19.4. The van der Waals surface area contributed by atoms with Gasteiger partial charge in [0.15, 0.2) is 0 Å². The van der Waals surface area contributed by atoms with Crippen LogP contribution < -0.4 is 10.6 Å².